The Morgan fingerprint density at radius 2 is 1.66 bits per heavy atom. The number of ether oxygens (including phenoxy) is 1. The van der Waals surface area contributed by atoms with E-state index < -0.39 is 26.4 Å². The number of rotatable bonds is 7. The van der Waals surface area contributed by atoms with Crippen LogP contribution >= 0.6 is 0 Å². The summed E-state index contributed by atoms with van der Waals surface area (Å²) < 4.78 is 33.5. The minimum absolute atomic E-state index is 0.278. The second-order valence-electron chi connectivity index (χ2n) is 9.92. The zero-order valence-corrected chi connectivity index (χ0v) is 19.6. The van der Waals surface area contributed by atoms with Crippen molar-refractivity contribution in [3.05, 3.63) is 36.3 Å². The van der Waals surface area contributed by atoms with Crippen LogP contribution in [-0.4, -0.2) is 42.8 Å². The SMILES string of the molecule is CC1(C)OB(c2cn(COCC[Si](C)(C)C)nc2-c2ccc(F)cc2)OC1(C)C. The predicted molar refractivity (Wildman–Crippen MR) is 117 cm³/mol. The van der Waals surface area contributed by atoms with E-state index in [2.05, 4.69) is 19.6 Å². The van der Waals surface area contributed by atoms with E-state index in [1.807, 2.05) is 33.9 Å². The molecular weight excluding hydrogens is 386 g/mol. The van der Waals surface area contributed by atoms with E-state index in [0.29, 0.717) is 13.3 Å². The van der Waals surface area contributed by atoms with Crippen LogP contribution in [0.1, 0.15) is 27.7 Å². The summed E-state index contributed by atoms with van der Waals surface area (Å²) in [5.74, 6) is -0.278. The Hall–Kier alpha value is -1.48. The fraction of sp³-hybridized carbons (Fsp3) is 0.571. The van der Waals surface area contributed by atoms with Crippen LogP contribution in [-0.2, 0) is 20.8 Å². The molecule has 0 amide bonds. The number of aromatic nitrogens is 2. The lowest BCUT2D eigenvalue weighted by molar-refractivity contribution is 0.00578. The van der Waals surface area contributed by atoms with Gasteiger partial charge in [-0.2, -0.15) is 5.10 Å². The topological polar surface area (TPSA) is 45.5 Å². The van der Waals surface area contributed by atoms with Gasteiger partial charge >= 0.3 is 7.12 Å². The zero-order chi connectivity index (χ0) is 21.4. The Morgan fingerprint density at radius 3 is 2.21 bits per heavy atom. The molecule has 0 spiro atoms. The van der Waals surface area contributed by atoms with Gasteiger partial charge in [-0.15, -0.1) is 0 Å². The maximum atomic E-state index is 13.4. The minimum Gasteiger partial charge on any atom is -0.399 e. The summed E-state index contributed by atoms with van der Waals surface area (Å²) in [6, 6.07) is 7.43. The van der Waals surface area contributed by atoms with E-state index in [1.165, 1.54) is 12.1 Å². The first-order valence-corrected chi connectivity index (χ1v) is 13.9. The molecule has 0 unspecified atom stereocenters. The van der Waals surface area contributed by atoms with Gasteiger partial charge < -0.3 is 14.0 Å². The number of benzene rings is 1. The third-order valence-corrected chi connectivity index (χ3v) is 7.34. The van der Waals surface area contributed by atoms with Gasteiger partial charge in [0.05, 0.1) is 16.9 Å². The van der Waals surface area contributed by atoms with Gasteiger partial charge in [-0.05, 0) is 58.0 Å². The predicted octanol–water partition coefficient (Wildman–Crippen LogP) is 4.30. The van der Waals surface area contributed by atoms with E-state index >= 15 is 0 Å². The molecule has 8 heteroatoms. The molecule has 0 N–H and O–H groups in total. The molecule has 2 aromatic rings. The van der Waals surface area contributed by atoms with Gasteiger partial charge in [0.1, 0.15) is 12.5 Å². The molecule has 1 aliphatic heterocycles. The van der Waals surface area contributed by atoms with Crippen LogP contribution in [0.4, 0.5) is 4.39 Å². The second kappa shape index (κ2) is 7.98. The lowest BCUT2D eigenvalue weighted by Crippen LogP contribution is -2.41. The first kappa shape index (κ1) is 22.2. The Balaban J connectivity index is 1.85. The average molecular weight is 418 g/mol. The molecule has 0 atom stereocenters. The minimum atomic E-state index is -1.14. The van der Waals surface area contributed by atoms with Crippen LogP contribution in [0.15, 0.2) is 30.5 Å². The summed E-state index contributed by atoms with van der Waals surface area (Å²) >= 11 is 0. The summed E-state index contributed by atoms with van der Waals surface area (Å²) in [5.41, 5.74) is 1.46. The molecule has 3 rings (SSSR count). The fourth-order valence-electron chi connectivity index (χ4n) is 3.01. The van der Waals surface area contributed by atoms with Crippen molar-refractivity contribution < 1.29 is 18.4 Å². The van der Waals surface area contributed by atoms with E-state index in [-0.39, 0.29) is 5.82 Å². The van der Waals surface area contributed by atoms with Gasteiger partial charge in [0, 0.05) is 31.9 Å². The lowest BCUT2D eigenvalue weighted by atomic mass is 9.78. The molecule has 29 heavy (non-hydrogen) atoms. The van der Waals surface area contributed by atoms with Gasteiger partial charge in [0.2, 0.25) is 0 Å². The smallest absolute Gasteiger partial charge is 0.399 e. The van der Waals surface area contributed by atoms with Crippen LogP contribution in [0.5, 0.6) is 0 Å². The van der Waals surface area contributed by atoms with Crippen molar-refractivity contribution in [2.45, 2.75) is 71.3 Å². The molecule has 0 aliphatic carbocycles. The van der Waals surface area contributed by atoms with Crippen molar-refractivity contribution in [1.29, 1.82) is 0 Å². The monoisotopic (exact) mass is 418 g/mol. The molecule has 5 nitrogen and oxygen atoms in total. The number of hydrogen-bond acceptors (Lipinski definition) is 4. The molecule has 0 bridgehead atoms. The Bertz CT molecular complexity index is 831. The standard InChI is InChI=1S/C21H32BFN2O3Si/c1-20(2)21(3,4)28-22(27-20)18-14-25(15-26-12-13-29(5,6)7)24-19(18)16-8-10-17(23)11-9-16/h8-11,14H,12-13,15H2,1-7H3. The van der Waals surface area contributed by atoms with Crippen LogP contribution in [0.2, 0.25) is 25.7 Å². The molecule has 1 aromatic heterocycles. The van der Waals surface area contributed by atoms with Crippen LogP contribution in [0, 0.1) is 5.82 Å². The summed E-state index contributed by atoms with van der Waals surface area (Å²) in [7, 11) is -1.69. The van der Waals surface area contributed by atoms with E-state index in [0.717, 1.165) is 22.8 Å². The molecule has 1 aliphatic rings. The third kappa shape index (κ3) is 5.17. The van der Waals surface area contributed by atoms with E-state index in [4.69, 9.17) is 19.1 Å². The van der Waals surface area contributed by atoms with E-state index in [9.17, 15) is 4.39 Å². The summed E-state index contributed by atoms with van der Waals surface area (Å²) in [4.78, 5) is 0. The highest BCUT2D eigenvalue weighted by atomic mass is 28.3. The highest BCUT2D eigenvalue weighted by Gasteiger charge is 2.52. The maximum absolute atomic E-state index is 13.4. The lowest BCUT2D eigenvalue weighted by Gasteiger charge is -2.32. The normalized spacial score (nSPS) is 18.4. The average Bonchev–Trinajstić information content (AvgIpc) is 3.10. The molecule has 2 heterocycles. The molecular formula is C21H32BFN2O3Si. The second-order valence-corrected chi connectivity index (χ2v) is 15.5. The first-order valence-electron chi connectivity index (χ1n) is 10.1. The van der Waals surface area contributed by atoms with Crippen molar-refractivity contribution in [2.24, 2.45) is 0 Å². The van der Waals surface area contributed by atoms with Crippen molar-refractivity contribution in [3.63, 3.8) is 0 Å². The van der Waals surface area contributed by atoms with Crippen LogP contribution < -0.4 is 5.46 Å². The summed E-state index contributed by atoms with van der Waals surface area (Å²) in [6.45, 7) is 16.1. The highest BCUT2D eigenvalue weighted by molar-refractivity contribution is 6.76. The van der Waals surface area contributed by atoms with Crippen molar-refractivity contribution >= 4 is 20.7 Å². The quantitative estimate of drug-likeness (QED) is 0.497. The van der Waals surface area contributed by atoms with Crippen molar-refractivity contribution in [1.82, 2.24) is 9.78 Å². The molecule has 0 saturated carbocycles. The van der Waals surface area contributed by atoms with Gasteiger partial charge in [0.15, 0.2) is 0 Å². The summed E-state index contributed by atoms with van der Waals surface area (Å²) in [5, 5.41) is 4.70. The largest absolute Gasteiger partial charge is 0.498 e. The van der Waals surface area contributed by atoms with Gasteiger partial charge in [0.25, 0.3) is 0 Å². The Morgan fingerprint density at radius 1 is 1.07 bits per heavy atom. The van der Waals surface area contributed by atoms with Crippen LogP contribution in [0.3, 0.4) is 0 Å². The first-order chi connectivity index (χ1) is 13.4. The Kier molecular flexibility index (Phi) is 6.11. The van der Waals surface area contributed by atoms with Crippen molar-refractivity contribution in [3.8, 4) is 11.3 Å². The third-order valence-electron chi connectivity index (χ3n) is 5.63. The fourth-order valence-corrected chi connectivity index (χ4v) is 3.77. The Labute approximate surface area is 174 Å². The van der Waals surface area contributed by atoms with E-state index in [1.54, 1.807) is 16.8 Å². The van der Waals surface area contributed by atoms with Gasteiger partial charge in [-0.1, -0.05) is 19.6 Å². The number of halogens is 1. The molecule has 1 saturated heterocycles. The molecule has 0 radical (unpaired) electrons. The van der Waals surface area contributed by atoms with Gasteiger partial charge in [-0.25, -0.2) is 9.07 Å². The molecule has 158 valence electrons. The number of nitrogens with zero attached hydrogens (tertiary/aromatic N) is 2. The summed E-state index contributed by atoms with van der Waals surface area (Å²) in [6.07, 6.45) is 1.91. The maximum Gasteiger partial charge on any atom is 0.498 e. The molecule has 1 fully saturated rings. The number of hydrogen-bond donors (Lipinski definition) is 0. The van der Waals surface area contributed by atoms with Crippen LogP contribution in [0.25, 0.3) is 11.3 Å². The highest BCUT2D eigenvalue weighted by Crippen LogP contribution is 2.37. The van der Waals surface area contributed by atoms with Gasteiger partial charge in [-0.3, -0.25) is 0 Å². The molecule has 1 aromatic carbocycles. The zero-order valence-electron chi connectivity index (χ0n) is 18.6. The van der Waals surface area contributed by atoms with Crippen molar-refractivity contribution in [2.75, 3.05) is 6.61 Å².